The smallest absolute Gasteiger partial charge is 0.0541 e. The molecule has 0 amide bonds. The zero-order valence-electron chi connectivity index (χ0n) is 35.4. The summed E-state index contributed by atoms with van der Waals surface area (Å²) in [6, 6.07) is 88.9. The molecule has 0 spiro atoms. The van der Waals surface area contributed by atoms with Crippen LogP contribution >= 0.6 is 11.3 Å². The molecule has 0 fully saturated rings. The van der Waals surface area contributed by atoms with E-state index < -0.39 is 0 Å². The van der Waals surface area contributed by atoms with Gasteiger partial charge in [-0.25, -0.2) is 0 Å². The fraction of sp³-hybridized carbons (Fsp3) is 0. The van der Waals surface area contributed by atoms with Gasteiger partial charge in [-0.2, -0.15) is 0 Å². The summed E-state index contributed by atoms with van der Waals surface area (Å²) in [6.07, 6.45) is 0. The monoisotopic (exact) mass is 844 g/mol. The third-order valence-corrected chi connectivity index (χ3v) is 14.4. The molecule has 13 rings (SSSR count). The van der Waals surface area contributed by atoms with Crippen LogP contribution in [0.2, 0.25) is 0 Å². The van der Waals surface area contributed by atoms with Gasteiger partial charge in [-0.3, -0.25) is 0 Å². The van der Waals surface area contributed by atoms with Gasteiger partial charge in [0.05, 0.1) is 16.7 Å². The molecule has 0 unspecified atom stereocenters. The molecular weight excluding hydrogens is 805 g/mol. The molecule has 0 atom stereocenters. The molecule has 11 aromatic carbocycles. The van der Waals surface area contributed by atoms with Gasteiger partial charge in [0.15, 0.2) is 0 Å². The number of hydrogen-bond donors (Lipinski definition) is 0. The van der Waals surface area contributed by atoms with Crippen molar-refractivity contribution in [3.63, 3.8) is 0 Å². The highest BCUT2D eigenvalue weighted by Gasteiger charge is 2.18. The fourth-order valence-corrected chi connectivity index (χ4v) is 11.1. The molecule has 0 N–H and O–H groups in total. The van der Waals surface area contributed by atoms with Crippen LogP contribution in [0, 0.1) is 0 Å². The average molecular weight is 845 g/mol. The molecule has 0 aliphatic heterocycles. The highest BCUT2D eigenvalue weighted by molar-refractivity contribution is 7.25. The zero-order chi connectivity index (χ0) is 42.8. The molecule has 0 bridgehead atoms. The summed E-state index contributed by atoms with van der Waals surface area (Å²) in [7, 11) is 0. The summed E-state index contributed by atoms with van der Waals surface area (Å²) in [4.78, 5) is 2.39. The van der Waals surface area contributed by atoms with Crippen molar-refractivity contribution in [2.24, 2.45) is 0 Å². The second-order valence-electron chi connectivity index (χ2n) is 16.9. The molecule has 2 nitrogen and oxygen atoms in total. The van der Waals surface area contributed by atoms with Gasteiger partial charge in [0.1, 0.15) is 0 Å². The Labute approximate surface area is 381 Å². The Balaban J connectivity index is 0.853. The number of benzene rings is 11. The van der Waals surface area contributed by atoms with E-state index in [1.807, 2.05) is 11.3 Å². The number of thiophene rings is 1. The summed E-state index contributed by atoms with van der Waals surface area (Å²) in [5, 5.41) is 10.2. The summed E-state index contributed by atoms with van der Waals surface area (Å²) in [5.74, 6) is 0. The van der Waals surface area contributed by atoms with Crippen LogP contribution in [-0.4, -0.2) is 4.57 Å². The van der Waals surface area contributed by atoms with Crippen LogP contribution in [0.5, 0.6) is 0 Å². The molecule has 0 aliphatic carbocycles. The van der Waals surface area contributed by atoms with Gasteiger partial charge < -0.3 is 9.47 Å². The Morgan fingerprint density at radius 2 is 0.785 bits per heavy atom. The molecular formula is C62H40N2S. The first kappa shape index (κ1) is 37.3. The predicted octanol–water partition coefficient (Wildman–Crippen LogP) is 17.9. The molecule has 0 saturated heterocycles. The lowest BCUT2D eigenvalue weighted by molar-refractivity contribution is 1.18. The maximum atomic E-state index is 2.41. The minimum atomic E-state index is 1.11. The maximum Gasteiger partial charge on any atom is 0.0541 e. The topological polar surface area (TPSA) is 8.17 Å². The van der Waals surface area contributed by atoms with Gasteiger partial charge in [0, 0.05) is 53.6 Å². The van der Waals surface area contributed by atoms with E-state index in [2.05, 4.69) is 252 Å². The van der Waals surface area contributed by atoms with E-state index in [1.54, 1.807) is 0 Å². The lowest BCUT2D eigenvalue weighted by Crippen LogP contribution is -2.09. The van der Waals surface area contributed by atoms with Gasteiger partial charge in [-0.1, -0.05) is 170 Å². The van der Waals surface area contributed by atoms with Crippen molar-refractivity contribution in [2.45, 2.75) is 0 Å². The maximum absolute atomic E-state index is 2.41. The van der Waals surface area contributed by atoms with Crippen molar-refractivity contribution < 1.29 is 0 Å². The Bertz CT molecular complexity index is 3880. The number of hydrogen-bond acceptors (Lipinski definition) is 2. The van der Waals surface area contributed by atoms with Gasteiger partial charge >= 0.3 is 0 Å². The van der Waals surface area contributed by atoms with E-state index in [0.29, 0.717) is 0 Å². The Morgan fingerprint density at radius 1 is 0.292 bits per heavy atom. The first-order chi connectivity index (χ1) is 32.2. The van der Waals surface area contributed by atoms with Crippen LogP contribution < -0.4 is 4.90 Å². The van der Waals surface area contributed by atoms with Crippen molar-refractivity contribution in [2.75, 3.05) is 4.90 Å². The van der Waals surface area contributed by atoms with Crippen LogP contribution in [0.25, 0.3) is 103 Å². The zero-order valence-corrected chi connectivity index (χ0v) is 36.2. The van der Waals surface area contributed by atoms with Crippen molar-refractivity contribution in [1.29, 1.82) is 0 Å². The van der Waals surface area contributed by atoms with E-state index in [4.69, 9.17) is 0 Å². The number of rotatable bonds is 7. The normalized spacial score (nSPS) is 11.7. The Hall–Kier alpha value is -8.24. The lowest BCUT2D eigenvalue weighted by atomic mass is 9.97. The standard InChI is InChI=1S/C62H40N2S/c1-2-12-51-44(11-1)25-26-47-39-46(31-37-52(47)51)43-29-34-49(35-30-43)63(50-36-38-62-57(40-50)56-16-6-10-20-61(56)65-62)48-32-27-42(28-33-48)41-21-23-45(24-22-41)53-13-3-7-17-58(53)64-59-18-8-4-14-54(59)55-15-5-9-19-60(55)64/h1-40H. The molecule has 0 saturated carbocycles. The van der Waals surface area contributed by atoms with Gasteiger partial charge in [0.2, 0.25) is 0 Å². The van der Waals surface area contributed by atoms with E-state index in [-0.39, 0.29) is 0 Å². The molecule has 2 aromatic heterocycles. The largest absolute Gasteiger partial charge is 0.310 e. The third-order valence-electron chi connectivity index (χ3n) is 13.2. The second kappa shape index (κ2) is 15.2. The fourth-order valence-electron chi connectivity index (χ4n) is 10.0. The van der Waals surface area contributed by atoms with Crippen LogP contribution in [0.1, 0.15) is 0 Å². The molecule has 304 valence electrons. The molecule has 0 aliphatic rings. The van der Waals surface area contributed by atoms with Crippen molar-refractivity contribution in [3.05, 3.63) is 243 Å². The minimum absolute atomic E-state index is 1.11. The summed E-state index contributed by atoms with van der Waals surface area (Å²) in [5.41, 5.74) is 14.1. The SMILES string of the molecule is c1ccc(-n2c3ccccc3c3ccccc32)c(-c2ccc(-c3ccc(N(c4ccc(-c5ccc6c(ccc7ccccc76)c5)cc4)c4ccc5sc6ccccc6c5c4)cc3)cc2)c1. The van der Waals surface area contributed by atoms with E-state index in [9.17, 15) is 0 Å². The Kier molecular flexibility index (Phi) is 8.75. The minimum Gasteiger partial charge on any atom is -0.310 e. The number of nitrogens with zero attached hydrogens (tertiary/aromatic N) is 2. The first-order valence-corrected chi connectivity index (χ1v) is 23.1. The van der Waals surface area contributed by atoms with Gasteiger partial charge in [0.25, 0.3) is 0 Å². The highest BCUT2D eigenvalue weighted by Crippen LogP contribution is 2.42. The molecule has 2 heterocycles. The van der Waals surface area contributed by atoms with Crippen LogP contribution in [0.4, 0.5) is 17.1 Å². The van der Waals surface area contributed by atoms with Crippen molar-refractivity contribution in [3.8, 4) is 39.1 Å². The predicted molar refractivity (Wildman–Crippen MR) is 280 cm³/mol. The van der Waals surface area contributed by atoms with Crippen molar-refractivity contribution >= 4 is 91.9 Å². The summed E-state index contributed by atoms with van der Waals surface area (Å²) >= 11 is 1.85. The summed E-state index contributed by atoms with van der Waals surface area (Å²) in [6.45, 7) is 0. The molecule has 3 heteroatoms. The number of fused-ring (bicyclic) bond motifs is 9. The first-order valence-electron chi connectivity index (χ1n) is 22.2. The van der Waals surface area contributed by atoms with E-state index in [0.717, 1.165) is 17.1 Å². The molecule has 13 aromatic rings. The summed E-state index contributed by atoms with van der Waals surface area (Å²) < 4.78 is 5.02. The number of para-hydroxylation sites is 3. The van der Waals surface area contributed by atoms with Gasteiger partial charge in [-0.05, 0) is 122 Å². The van der Waals surface area contributed by atoms with Gasteiger partial charge in [-0.15, -0.1) is 11.3 Å². The third kappa shape index (κ3) is 6.31. The second-order valence-corrected chi connectivity index (χ2v) is 18.0. The van der Waals surface area contributed by atoms with E-state index in [1.165, 1.54) is 103 Å². The quantitative estimate of drug-likeness (QED) is 0.145. The molecule has 65 heavy (non-hydrogen) atoms. The number of anilines is 3. The number of aromatic nitrogens is 1. The van der Waals surface area contributed by atoms with Crippen LogP contribution in [0.3, 0.4) is 0 Å². The van der Waals surface area contributed by atoms with Crippen LogP contribution in [0.15, 0.2) is 243 Å². The van der Waals surface area contributed by atoms with E-state index >= 15 is 0 Å². The highest BCUT2D eigenvalue weighted by atomic mass is 32.1. The lowest BCUT2D eigenvalue weighted by Gasteiger charge is -2.26. The molecule has 0 radical (unpaired) electrons. The Morgan fingerprint density at radius 3 is 1.51 bits per heavy atom. The average Bonchev–Trinajstić information content (AvgIpc) is 3.92. The van der Waals surface area contributed by atoms with Crippen LogP contribution in [-0.2, 0) is 0 Å². The van der Waals surface area contributed by atoms with Crippen molar-refractivity contribution in [1.82, 2.24) is 4.57 Å².